The molecule has 0 saturated carbocycles. The third kappa shape index (κ3) is 12.1. The second-order valence-electron chi connectivity index (χ2n) is 16.1. The molecule has 1 aliphatic rings. The van der Waals surface area contributed by atoms with Crippen LogP contribution in [0.15, 0.2) is 215 Å². The van der Waals surface area contributed by atoms with Crippen LogP contribution in [0.1, 0.15) is 47.0 Å². The van der Waals surface area contributed by atoms with Crippen molar-refractivity contribution in [1.82, 2.24) is 9.55 Å². The first-order chi connectivity index (χ1) is 35.2. The summed E-state index contributed by atoms with van der Waals surface area (Å²) in [6, 6.07) is 56.9. The highest BCUT2D eigenvalue weighted by molar-refractivity contribution is 7.99. The molecule has 5 atom stereocenters. The third-order valence-corrected chi connectivity index (χ3v) is 13.3. The minimum absolute atomic E-state index is 0.152. The molecular weight excluding hydrogens is 972 g/mol. The molecule has 0 bridgehead atoms. The van der Waals surface area contributed by atoms with E-state index in [1.807, 2.05) is 67.6 Å². The summed E-state index contributed by atoms with van der Waals surface area (Å²) in [5.74, 6) is -3.17. The van der Waals surface area contributed by atoms with Crippen LogP contribution >= 0.6 is 34.7 Å². The molecule has 7 aromatic carbocycles. The van der Waals surface area contributed by atoms with E-state index < -0.39 is 60.3 Å². The van der Waals surface area contributed by atoms with Gasteiger partial charge in [-0.2, -0.15) is 4.98 Å². The number of nitrogens with zero attached hydrogens (tertiary/aromatic N) is 4. The van der Waals surface area contributed by atoms with E-state index in [-0.39, 0.29) is 32.2 Å². The number of thioether (sulfide) groups is 1. The number of aromatic nitrogens is 2. The van der Waals surface area contributed by atoms with Gasteiger partial charge in [0.25, 0.3) is 0 Å². The Morgan fingerprint density at radius 1 is 0.569 bits per heavy atom. The Hall–Kier alpha value is -7.95. The Morgan fingerprint density at radius 3 is 1.57 bits per heavy atom. The number of aryl methyl sites for hydroxylation is 1. The van der Waals surface area contributed by atoms with Crippen LogP contribution in [0.4, 0.5) is 11.4 Å². The fraction of sp³-hybridized carbons (Fsp3) is 0.125. The fourth-order valence-electron chi connectivity index (χ4n) is 7.47. The lowest BCUT2D eigenvalue weighted by Gasteiger charge is -2.44. The maximum atomic E-state index is 14.4. The number of benzene rings is 7. The Balaban J connectivity index is 1.25. The normalized spacial score (nSPS) is 17.9. The topological polar surface area (TPSA) is 157 Å². The van der Waals surface area contributed by atoms with E-state index in [0.717, 1.165) is 17.3 Å². The number of ether oxygens (including phenoxy) is 5. The molecule has 0 spiro atoms. The zero-order chi connectivity index (χ0) is 49.8. The van der Waals surface area contributed by atoms with Gasteiger partial charge in [-0.05, 0) is 91.9 Å². The third-order valence-electron chi connectivity index (χ3n) is 11.0. The lowest BCUT2D eigenvalue weighted by Crippen LogP contribution is -2.62. The predicted molar refractivity (Wildman–Crippen MR) is 273 cm³/mol. The highest BCUT2D eigenvalue weighted by Gasteiger charge is 2.54. The number of hydrogen-bond acceptors (Lipinski definition) is 14. The molecule has 9 rings (SSSR count). The standard InChI is InChI=1S/C56H43ClN4O9S2/c1-36-31-33-42(34-32-36)58-54-60-56(61(44-30-18-17-29-43(44)57)55(72-54)59-41-27-15-6-16-28-41)71-53-48(70-52(65)40-25-13-5-14-26-40)47(69-51(64)39-23-11-4-12-24-39)46(68-50(63)38-21-9-3-10-22-38)45(67-53)35-66-49(62)37-19-7-2-8-20-37/h2-34,45-48,53H,35H2,1H3/t45-,46-,47+,48-,53?/m1/s1. The molecule has 72 heavy (non-hydrogen) atoms. The van der Waals surface area contributed by atoms with Gasteiger partial charge >= 0.3 is 23.9 Å². The molecule has 0 amide bonds. The molecule has 0 N–H and O–H groups in total. The number of carbonyl (C=O) groups excluding carboxylic acids is 4. The van der Waals surface area contributed by atoms with Crippen LogP contribution in [0.5, 0.6) is 0 Å². The van der Waals surface area contributed by atoms with E-state index in [1.165, 1.54) is 11.3 Å². The minimum Gasteiger partial charge on any atom is -0.459 e. The molecule has 8 aromatic rings. The van der Waals surface area contributed by atoms with E-state index in [9.17, 15) is 19.2 Å². The average molecular weight is 1020 g/mol. The van der Waals surface area contributed by atoms with E-state index in [1.54, 1.807) is 144 Å². The van der Waals surface area contributed by atoms with Crippen molar-refractivity contribution in [3.05, 3.63) is 243 Å². The summed E-state index contributed by atoms with van der Waals surface area (Å²) in [6.45, 7) is 1.46. The molecule has 1 aromatic heterocycles. The van der Waals surface area contributed by atoms with Crippen LogP contribution < -0.4 is 9.60 Å². The average Bonchev–Trinajstić information content (AvgIpc) is 3.41. The molecule has 360 valence electrons. The molecule has 13 nitrogen and oxygen atoms in total. The SMILES string of the molecule is Cc1ccc(N=c2nc(SC3O[C@H](COC(=O)c4ccccc4)[C@@H](OC(=O)c4ccccc4)[C@H](OC(=O)c4ccccc4)[C@H]3OC(=O)c3ccccc3)n(-c3ccccc3Cl)c(=Nc3ccccc3)s2)cc1. The molecule has 0 radical (unpaired) electrons. The van der Waals surface area contributed by atoms with Crippen LogP contribution in [0, 0.1) is 6.92 Å². The van der Waals surface area contributed by atoms with Gasteiger partial charge in [0, 0.05) is 0 Å². The molecule has 1 fully saturated rings. The second-order valence-corrected chi connectivity index (χ2v) is 18.5. The molecule has 1 unspecified atom stereocenters. The largest absolute Gasteiger partial charge is 0.459 e. The molecular formula is C56H43ClN4O9S2. The van der Waals surface area contributed by atoms with E-state index in [2.05, 4.69) is 0 Å². The van der Waals surface area contributed by atoms with Crippen molar-refractivity contribution in [3.8, 4) is 5.69 Å². The second kappa shape index (κ2) is 23.3. The van der Waals surface area contributed by atoms with Gasteiger partial charge in [-0.1, -0.05) is 156 Å². The molecule has 2 heterocycles. The van der Waals surface area contributed by atoms with Gasteiger partial charge in [0.1, 0.15) is 12.7 Å². The Morgan fingerprint density at radius 2 is 1.03 bits per heavy atom. The van der Waals surface area contributed by atoms with Gasteiger partial charge < -0.3 is 23.7 Å². The van der Waals surface area contributed by atoms with Gasteiger partial charge in [0.2, 0.25) is 4.80 Å². The maximum Gasteiger partial charge on any atom is 0.338 e. The highest BCUT2D eigenvalue weighted by Crippen LogP contribution is 2.39. The molecule has 0 aliphatic carbocycles. The number of hydrogen-bond donors (Lipinski definition) is 0. The van der Waals surface area contributed by atoms with Crippen molar-refractivity contribution in [3.63, 3.8) is 0 Å². The van der Waals surface area contributed by atoms with Gasteiger partial charge in [-0.3, -0.25) is 4.57 Å². The zero-order valence-corrected chi connectivity index (χ0v) is 40.7. The summed E-state index contributed by atoms with van der Waals surface area (Å²) in [7, 11) is 0. The van der Waals surface area contributed by atoms with Crippen molar-refractivity contribution in [2.75, 3.05) is 6.61 Å². The fourth-order valence-corrected chi connectivity index (χ4v) is 9.86. The van der Waals surface area contributed by atoms with Crippen LogP contribution in [-0.2, 0) is 23.7 Å². The number of carbonyl (C=O) groups is 4. The summed E-state index contributed by atoms with van der Waals surface area (Å²) in [5.41, 5.74) is 2.09. The zero-order valence-electron chi connectivity index (χ0n) is 38.3. The van der Waals surface area contributed by atoms with E-state index in [0.29, 0.717) is 26.9 Å². The van der Waals surface area contributed by atoms with Crippen LogP contribution in [0.3, 0.4) is 0 Å². The number of para-hydroxylation sites is 2. The quantitative estimate of drug-likeness (QED) is 0.0754. The summed E-state index contributed by atoms with van der Waals surface area (Å²) in [5, 5.41) is 0.539. The first-order valence-electron chi connectivity index (χ1n) is 22.6. The van der Waals surface area contributed by atoms with Crippen molar-refractivity contribution in [2.24, 2.45) is 9.98 Å². The van der Waals surface area contributed by atoms with Gasteiger partial charge in [0.15, 0.2) is 33.7 Å². The van der Waals surface area contributed by atoms with E-state index >= 15 is 0 Å². The number of halogens is 1. The Labute approximate surface area is 427 Å². The molecule has 1 aliphatic heterocycles. The van der Waals surface area contributed by atoms with Crippen molar-refractivity contribution in [2.45, 2.75) is 41.9 Å². The highest BCUT2D eigenvalue weighted by atomic mass is 35.5. The van der Waals surface area contributed by atoms with Gasteiger partial charge in [-0.25, -0.2) is 29.2 Å². The lowest BCUT2D eigenvalue weighted by atomic mass is 9.98. The van der Waals surface area contributed by atoms with Crippen LogP contribution in [0.25, 0.3) is 5.69 Å². The molecule has 1 saturated heterocycles. The first-order valence-corrected chi connectivity index (χ1v) is 24.7. The summed E-state index contributed by atoms with van der Waals surface area (Å²) < 4.78 is 33.7. The number of esters is 4. The summed E-state index contributed by atoms with van der Waals surface area (Å²) in [4.78, 5) is 72.4. The van der Waals surface area contributed by atoms with Gasteiger partial charge in [0.05, 0.1) is 44.3 Å². The smallest absolute Gasteiger partial charge is 0.338 e. The molecule has 16 heteroatoms. The summed E-state index contributed by atoms with van der Waals surface area (Å²) >= 11 is 9.19. The van der Waals surface area contributed by atoms with Crippen molar-refractivity contribution in [1.29, 1.82) is 0 Å². The van der Waals surface area contributed by atoms with Crippen molar-refractivity contribution >= 4 is 70.0 Å². The van der Waals surface area contributed by atoms with Crippen molar-refractivity contribution < 1.29 is 42.9 Å². The van der Waals surface area contributed by atoms with Crippen LogP contribution in [0.2, 0.25) is 5.02 Å². The van der Waals surface area contributed by atoms with Gasteiger partial charge in [-0.15, -0.1) is 0 Å². The minimum atomic E-state index is -1.62. The Kier molecular flexibility index (Phi) is 15.9. The monoisotopic (exact) mass is 1010 g/mol. The van der Waals surface area contributed by atoms with E-state index in [4.69, 9.17) is 50.3 Å². The Bertz CT molecular complexity index is 3310. The first kappa shape index (κ1) is 49.0. The summed E-state index contributed by atoms with van der Waals surface area (Å²) in [6.07, 6.45) is -6.11. The van der Waals surface area contributed by atoms with Crippen LogP contribution in [-0.4, -0.2) is 69.9 Å². The number of rotatable bonds is 14. The lowest BCUT2D eigenvalue weighted by molar-refractivity contribution is -0.207. The maximum absolute atomic E-state index is 14.4. The predicted octanol–water partition coefficient (Wildman–Crippen LogP) is 10.7.